The van der Waals surface area contributed by atoms with Crippen molar-refractivity contribution in [1.82, 2.24) is 0 Å². The highest BCUT2D eigenvalue weighted by molar-refractivity contribution is 6.02. The van der Waals surface area contributed by atoms with Gasteiger partial charge in [-0.3, -0.25) is 0 Å². The monoisotopic (exact) mass is 897 g/mol. The van der Waals surface area contributed by atoms with E-state index in [9.17, 15) is 0 Å². The molecule has 1 spiro atoms. The van der Waals surface area contributed by atoms with Gasteiger partial charge in [0.25, 0.3) is 0 Å². The fourth-order valence-corrected chi connectivity index (χ4v) is 11.8. The van der Waals surface area contributed by atoms with Crippen molar-refractivity contribution in [3.05, 3.63) is 300 Å². The Morgan fingerprint density at radius 2 is 1.03 bits per heavy atom. The number of fused-ring (bicyclic) bond motifs is 9. The summed E-state index contributed by atoms with van der Waals surface area (Å²) in [6.07, 6.45) is 14.9. The summed E-state index contributed by atoms with van der Waals surface area (Å²) in [7, 11) is 0. The lowest BCUT2D eigenvalue weighted by Gasteiger charge is -2.46. The molecule has 1 aliphatic heterocycles. The molecule has 0 saturated heterocycles. The van der Waals surface area contributed by atoms with E-state index < -0.39 is 5.41 Å². The number of anilines is 8. The van der Waals surface area contributed by atoms with Crippen LogP contribution in [0.25, 0.3) is 22.3 Å². The van der Waals surface area contributed by atoms with Crippen LogP contribution in [0.4, 0.5) is 45.5 Å². The average molecular weight is 898 g/mol. The third kappa shape index (κ3) is 6.88. The molecule has 334 valence electrons. The molecule has 0 fully saturated rings. The van der Waals surface area contributed by atoms with Gasteiger partial charge < -0.3 is 14.7 Å². The van der Waals surface area contributed by atoms with E-state index in [0.29, 0.717) is 0 Å². The van der Waals surface area contributed by atoms with Crippen LogP contribution in [-0.4, -0.2) is 6.04 Å². The zero-order chi connectivity index (χ0) is 46.4. The number of rotatable bonds is 9. The Hall–Kier alpha value is -8.66. The summed E-state index contributed by atoms with van der Waals surface area (Å²) in [6, 6.07) is 87.3. The molecule has 1 unspecified atom stereocenters. The zero-order valence-electron chi connectivity index (χ0n) is 38.9. The van der Waals surface area contributed by atoms with Gasteiger partial charge in [0.05, 0.1) is 22.8 Å². The highest BCUT2D eigenvalue weighted by Crippen LogP contribution is 2.65. The first-order chi connectivity index (χ1) is 34.7. The molecule has 1 atom stereocenters. The molecule has 9 aromatic carbocycles. The second-order valence-electron chi connectivity index (χ2n) is 18.7. The van der Waals surface area contributed by atoms with Gasteiger partial charge in [-0.05, 0) is 160 Å². The predicted molar refractivity (Wildman–Crippen MR) is 293 cm³/mol. The van der Waals surface area contributed by atoms with Crippen molar-refractivity contribution >= 4 is 56.6 Å². The molecule has 0 amide bonds. The summed E-state index contributed by atoms with van der Waals surface area (Å²) in [5.74, 6) is 0. The van der Waals surface area contributed by atoms with Crippen molar-refractivity contribution < 1.29 is 0 Å². The SMILES string of the molecule is C1=CCCC(c2cccc(N(c3ccccc3)c3ccc4c(c3)C3(C5=CC(N(c6ccccc6)c6cccc(-c7ccccc7)c6)CC=C54)c4ccccc4N(c4ccccc4)c4ccccc43)c2)=C1. The van der Waals surface area contributed by atoms with Crippen LogP contribution in [0.5, 0.6) is 0 Å². The Bertz CT molecular complexity index is 3480. The Labute approximate surface area is 411 Å². The number of hydrogen-bond donors (Lipinski definition) is 0. The van der Waals surface area contributed by atoms with E-state index >= 15 is 0 Å². The van der Waals surface area contributed by atoms with Crippen molar-refractivity contribution in [3.63, 3.8) is 0 Å². The summed E-state index contributed by atoms with van der Waals surface area (Å²) in [5, 5.41) is 0. The van der Waals surface area contributed by atoms with Crippen molar-refractivity contribution in [2.45, 2.75) is 30.7 Å². The van der Waals surface area contributed by atoms with Crippen LogP contribution in [0.3, 0.4) is 0 Å². The van der Waals surface area contributed by atoms with Crippen molar-refractivity contribution in [3.8, 4) is 11.1 Å². The first-order valence-corrected chi connectivity index (χ1v) is 24.7. The summed E-state index contributed by atoms with van der Waals surface area (Å²) < 4.78 is 0. The van der Waals surface area contributed by atoms with E-state index in [1.807, 2.05) is 0 Å². The maximum absolute atomic E-state index is 2.63. The van der Waals surface area contributed by atoms with Crippen molar-refractivity contribution in [1.29, 1.82) is 0 Å². The summed E-state index contributed by atoms with van der Waals surface area (Å²) in [4.78, 5) is 7.50. The second-order valence-corrected chi connectivity index (χ2v) is 18.7. The average Bonchev–Trinajstić information content (AvgIpc) is 3.72. The molecule has 1 heterocycles. The van der Waals surface area contributed by atoms with E-state index in [4.69, 9.17) is 0 Å². The molecular weight excluding hydrogens is 847 g/mol. The van der Waals surface area contributed by atoms with Gasteiger partial charge in [0.15, 0.2) is 0 Å². The van der Waals surface area contributed by atoms with Crippen LogP contribution >= 0.6 is 0 Å². The lowest BCUT2D eigenvalue weighted by atomic mass is 9.63. The van der Waals surface area contributed by atoms with E-state index in [1.54, 1.807) is 0 Å². The quantitative estimate of drug-likeness (QED) is 0.143. The standard InChI is InChI=1S/C67H51N3/c1-6-22-48(23-7-1)50-26-20-34-55(44-50)68(52-28-10-3-11-29-52)57-40-42-59-60-43-41-58(69(53-30-12-4-13-31-53)56-35-21-27-51(45-56)49-24-8-2-9-25-49)47-64(60)67(63(59)46-57)61-36-16-18-38-65(61)70(54-32-14-5-15-33-54)66-39-19-17-37-62(66)67/h1-8,10-24,26-39,41-47,57H,9,25,40H2. The Kier molecular flexibility index (Phi) is 10.4. The summed E-state index contributed by atoms with van der Waals surface area (Å²) in [5.41, 5.74) is 21.4. The van der Waals surface area contributed by atoms with Crippen molar-refractivity contribution in [2.24, 2.45) is 0 Å². The zero-order valence-corrected chi connectivity index (χ0v) is 38.9. The number of allylic oxidation sites excluding steroid dienone is 6. The highest BCUT2D eigenvalue weighted by atomic mass is 15.2. The Balaban J connectivity index is 1.06. The van der Waals surface area contributed by atoms with Gasteiger partial charge in [0.1, 0.15) is 0 Å². The predicted octanol–water partition coefficient (Wildman–Crippen LogP) is 17.6. The first-order valence-electron chi connectivity index (χ1n) is 24.7. The van der Waals surface area contributed by atoms with Crippen LogP contribution in [0.15, 0.2) is 273 Å². The molecule has 0 saturated carbocycles. The van der Waals surface area contributed by atoms with Gasteiger partial charge in [0, 0.05) is 34.1 Å². The third-order valence-corrected chi connectivity index (χ3v) is 14.8. The largest absolute Gasteiger partial charge is 0.334 e. The summed E-state index contributed by atoms with van der Waals surface area (Å²) >= 11 is 0. The second kappa shape index (κ2) is 17.5. The Morgan fingerprint density at radius 1 is 0.457 bits per heavy atom. The molecule has 4 aliphatic rings. The molecule has 3 nitrogen and oxygen atoms in total. The van der Waals surface area contributed by atoms with E-state index in [1.165, 1.54) is 78.4 Å². The van der Waals surface area contributed by atoms with Crippen LogP contribution < -0.4 is 14.7 Å². The lowest BCUT2D eigenvalue weighted by Crippen LogP contribution is -2.38. The number of hydrogen-bond acceptors (Lipinski definition) is 3. The van der Waals surface area contributed by atoms with Crippen LogP contribution in [-0.2, 0) is 5.41 Å². The molecule has 3 heteroatoms. The molecule has 3 aliphatic carbocycles. The molecule has 13 rings (SSSR count). The van der Waals surface area contributed by atoms with Crippen LogP contribution in [0.2, 0.25) is 0 Å². The van der Waals surface area contributed by atoms with E-state index in [2.05, 4.69) is 282 Å². The van der Waals surface area contributed by atoms with E-state index in [-0.39, 0.29) is 6.04 Å². The van der Waals surface area contributed by atoms with Gasteiger partial charge in [-0.2, -0.15) is 0 Å². The van der Waals surface area contributed by atoms with Gasteiger partial charge >= 0.3 is 0 Å². The topological polar surface area (TPSA) is 9.72 Å². The number of benzene rings is 9. The van der Waals surface area contributed by atoms with Crippen LogP contribution in [0, 0.1) is 0 Å². The minimum atomic E-state index is -0.661. The van der Waals surface area contributed by atoms with Gasteiger partial charge in [0.2, 0.25) is 0 Å². The van der Waals surface area contributed by atoms with Crippen molar-refractivity contribution in [2.75, 3.05) is 14.7 Å². The molecule has 0 N–H and O–H groups in total. The third-order valence-electron chi connectivity index (χ3n) is 14.8. The van der Waals surface area contributed by atoms with Crippen LogP contribution in [0.1, 0.15) is 47.1 Å². The Morgan fingerprint density at radius 3 is 1.73 bits per heavy atom. The fraction of sp³-hybridized carbons (Fsp3) is 0.0746. The fourth-order valence-electron chi connectivity index (χ4n) is 11.8. The van der Waals surface area contributed by atoms with Gasteiger partial charge in [-0.25, -0.2) is 0 Å². The maximum Gasteiger partial charge on any atom is 0.0752 e. The smallest absolute Gasteiger partial charge is 0.0752 e. The summed E-state index contributed by atoms with van der Waals surface area (Å²) in [6.45, 7) is 0. The van der Waals surface area contributed by atoms with Gasteiger partial charge in [-0.1, -0.05) is 182 Å². The van der Waals surface area contributed by atoms with E-state index in [0.717, 1.165) is 42.0 Å². The van der Waals surface area contributed by atoms with Gasteiger partial charge in [-0.15, -0.1) is 0 Å². The highest BCUT2D eigenvalue weighted by Gasteiger charge is 2.54. The maximum atomic E-state index is 2.63. The minimum Gasteiger partial charge on any atom is -0.334 e. The lowest BCUT2D eigenvalue weighted by molar-refractivity contribution is 0.717. The molecular formula is C67H51N3. The first kappa shape index (κ1) is 41.5. The molecule has 9 aromatic rings. The number of nitrogens with zero attached hydrogens (tertiary/aromatic N) is 3. The molecule has 70 heavy (non-hydrogen) atoms. The normalized spacial score (nSPS) is 16.0. The molecule has 0 radical (unpaired) electrons. The molecule has 0 bridgehead atoms. The minimum absolute atomic E-state index is 0.0109. The number of para-hydroxylation sites is 5. The molecule has 0 aromatic heterocycles.